The number of sulfonamides is 1. The molecule has 0 saturated heterocycles. The van der Waals surface area contributed by atoms with Crippen molar-refractivity contribution in [1.29, 1.82) is 0 Å². The van der Waals surface area contributed by atoms with Gasteiger partial charge in [0, 0.05) is 11.4 Å². The maximum Gasteiger partial charge on any atom is 0.264 e. The normalized spacial score (nSPS) is 11.6. The summed E-state index contributed by atoms with van der Waals surface area (Å²) in [6.07, 6.45) is 0. The van der Waals surface area contributed by atoms with E-state index in [1.54, 1.807) is 6.07 Å². The third-order valence-electron chi connectivity index (χ3n) is 4.41. The minimum Gasteiger partial charge on any atom is -0.247 e. The monoisotopic (exact) mass is 333 g/mol. The van der Waals surface area contributed by atoms with Gasteiger partial charge in [0.25, 0.3) is 10.0 Å². The lowest BCUT2D eigenvalue weighted by atomic mass is 9.95. The van der Waals surface area contributed by atoms with Gasteiger partial charge in [0.15, 0.2) is 0 Å². The van der Waals surface area contributed by atoms with E-state index < -0.39 is 10.0 Å². The van der Waals surface area contributed by atoms with Crippen LogP contribution in [0, 0.1) is 48.5 Å². The maximum atomic E-state index is 12.9. The summed E-state index contributed by atoms with van der Waals surface area (Å²) in [5.74, 6) is 0.109. The number of aromatic nitrogens is 2. The first-order valence-corrected chi connectivity index (χ1v) is 8.95. The van der Waals surface area contributed by atoms with Crippen molar-refractivity contribution in [3.8, 4) is 0 Å². The number of nitrogens with one attached hydrogen (secondary N) is 1. The van der Waals surface area contributed by atoms with Crippen LogP contribution in [0.5, 0.6) is 0 Å². The van der Waals surface area contributed by atoms with Crippen molar-refractivity contribution >= 4 is 16.0 Å². The molecule has 6 heteroatoms. The Kier molecular flexibility index (Phi) is 4.48. The number of anilines is 1. The lowest BCUT2D eigenvalue weighted by Gasteiger charge is -2.19. The SMILES string of the molecule is Cc1cc(C)nc(NS(=O)(=O)c2c(C)c(C)c(C)c(C)c2C)n1. The molecule has 0 saturated carbocycles. The van der Waals surface area contributed by atoms with E-state index in [-0.39, 0.29) is 5.95 Å². The van der Waals surface area contributed by atoms with Gasteiger partial charge in [0.1, 0.15) is 0 Å². The Balaban J connectivity index is 2.61. The first kappa shape index (κ1) is 17.4. The van der Waals surface area contributed by atoms with Gasteiger partial charge in [0.2, 0.25) is 5.95 Å². The highest BCUT2D eigenvalue weighted by Crippen LogP contribution is 2.30. The lowest BCUT2D eigenvalue weighted by molar-refractivity contribution is 0.599. The number of hydrogen-bond donors (Lipinski definition) is 1. The van der Waals surface area contributed by atoms with E-state index in [2.05, 4.69) is 14.7 Å². The van der Waals surface area contributed by atoms with Crippen LogP contribution in [0.4, 0.5) is 5.95 Å². The van der Waals surface area contributed by atoms with Gasteiger partial charge in [-0.3, -0.25) is 0 Å². The minimum atomic E-state index is -3.74. The van der Waals surface area contributed by atoms with Crippen molar-refractivity contribution in [2.24, 2.45) is 0 Å². The highest BCUT2D eigenvalue weighted by molar-refractivity contribution is 7.92. The highest BCUT2D eigenvalue weighted by atomic mass is 32.2. The molecule has 0 fully saturated rings. The van der Waals surface area contributed by atoms with E-state index in [4.69, 9.17) is 0 Å². The average molecular weight is 333 g/mol. The molecule has 0 atom stereocenters. The molecule has 124 valence electrons. The molecule has 0 radical (unpaired) electrons. The van der Waals surface area contributed by atoms with E-state index in [1.807, 2.05) is 48.5 Å². The molecule has 5 nitrogen and oxygen atoms in total. The summed E-state index contributed by atoms with van der Waals surface area (Å²) in [7, 11) is -3.74. The van der Waals surface area contributed by atoms with Crippen LogP contribution in [-0.2, 0) is 10.0 Å². The van der Waals surface area contributed by atoms with Crippen LogP contribution in [0.3, 0.4) is 0 Å². The zero-order valence-corrected chi connectivity index (χ0v) is 15.5. The molecule has 0 aliphatic carbocycles. The zero-order chi connectivity index (χ0) is 17.5. The summed E-state index contributed by atoms with van der Waals surface area (Å²) >= 11 is 0. The lowest BCUT2D eigenvalue weighted by Crippen LogP contribution is -2.19. The van der Waals surface area contributed by atoms with Gasteiger partial charge >= 0.3 is 0 Å². The molecule has 0 aliphatic heterocycles. The Hall–Kier alpha value is -1.95. The largest absolute Gasteiger partial charge is 0.264 e. The van der Waals surface area contributed by atoms with Gasteiger partial charge in [-0.15, -0.1) is 0 Å². The van der Waals surface area contributed by atoms with Crippen LogP contribution in [0.2, 0.25) is 0 Å². The Morgan fingerprint density at radius 1 is 0.739 bits per heavy atom. The van der Waals surface area contributed by atoms with Gasteiger partial charge in [-0.05, 0) is 82.3 Å². The molecule has 23 heavy (non-hydrogen) atoms. The quantitative estimate of drug-likeness (QED) is 0.934. The number of aryl methyl sites for hydroxylation is 2. The van der Waals surface area contributed by atoms with E-state index in [1.165, 1.54) is 0 Å². The van der Waals surface area contributed by atoms with E-state index in [9.17, 15) is 8.42 Å². The molecule has 0 aliphatic rings. The third-order valence-corrected chi connectivity index (χ3v) is 6.01. The van der Waals surface area contributed by atoms with E-state index in [0.29, 0.717) is 4.90 Å². The second-order valence-electron chi connectivity index (χ2n) is 6.03. The van der Waals surface area contributed by atoms with Crippen molar-refractivity contribution in [3.05, 3.63) is 45.3 Å². The fraction of sp³-hybridized carbons (Fsp3) is 0.412. The summed E-state index contributed by atoms with van der Waals surface area (Å²) < 4.78 is 28.3. The summed E-state index contributed by atoms with van der Waals surface area (Å²) in [5.41, 5.74) is 6.09. The van der Waals surface area contributed by atoms with Crippen LogP contribution in [0.15, 0.2) is 11.0 Å². The topological polar surface area (TPSA) is 72.0 Å². The molecule has 0 spiro atoms. The summed E-state index contributed by atoms with van der Waals surface area (Å²) in [5, 5.41) is 0. The Morgan fingerprint density at radius 3 is 1.57 bits per heavy atom. The van der Waals surface area contributed by atoms with Gasteiger partial charge < -0.3 is 0 Å². The molecule has 2 rings (SSSR count). The maximum absolute atomic E-state index is 12.9. The van der Waals surface area contributed by atoms with Crippen molar-refractivity contribution in [2.75, 3.05) is 4.72 Å². The van der Waals surface area contributed by atoms with Gasteiger partial charge in [-0.1, -0.05) is 0 Å². The van der Waals surface area contributed by atoms with Crippen molar-refractivity contribution in [2.45, 2.75) is 53.4 Å². The molecule has 1 heterocycles. The molecule has 1 aromatic carbocycles. The van der Waals surface area contributed by atoms with Crippen molar-refractivity contribution in [1.82, 2.24) is 9.97 Å². The summed E-state index contributed by atoms with van der Waals surface area (Å²) in [6, 6.07) is 1.80. The predicted molar refractivity (Wildman–Crippen MR) is 92.4 cm³/mol. The van der Waals surface area contributed by atoms with E-state index >= 15 is 0 Å². The fourth-order valence-electron chi connectivity index (χ4n) is 2.81. The van der Waals surface area contributed by atoms with Gasteiger partial charge in [-0.25, -0.2) is 23.1 Å². The Labute approximate surface area is 138 Å². The van der Waals surface area contributed by atoms with Crippen LogP contribution >= 0.6 is 0 Å². The number of rotatable bonds is 3. The first-order chi connectivity index (χ1) is 10.5. The van der Waals surface area contributed by atoms with Crippen LogP contribution < -0.4 is 4.72 Å². The van der Waals surface area contributed by atoms with Gasteiger partial charge in [0.05, 0.1) is 4.90 Å². The molecule has 1 aromatic heterocycles. The Bertz CT molecular complexity index is 838. The summed E-state index contributed by atoms with van der Waals surface area (Å²) in [6.45, 7) is 13.2. The predicted octanol–water partition coefficient (Wildman–Crippen LogP) is 3.44. The zero-order valence-electron chi connectivity index (χ0n) is 14.7. The third kappa shape index (κ3) is 3.22. The molecule has 0 amide bonds. The van der Waals surface area contributed by atoms with E-state index in [0.717, 1.165) is 39.2 Å². The number of nitrogens with zero attached hydrogens (tertiary/aromatic N) is 2. The average Bonchev–Trinajstić information content (AvgIpc) is 2.41. The molecule has 2 aromatic rings. The highest BCUT2D eigenvalue weighted by Gasteiger charge is 2.24. The number of benzene rings is 1. The Morgan fingerprint density at radius 2 is 1.13 bits per heavy atom. The fourth-order valence-corrected chi connectivity index (χ4v) is 4.36. The van der Waals surface area contributed by atoms with Crippen LogP contribution in [-0.4, -0.2) is 18.4 Å². The molecular weight excluding hydrogens is 310 g/mol. The number of hydrogen-bond acceptors (Lipinski definition) is 4. The van der Waals surface area contributed by atoms with Crippen LogP contribution in [0.1, 0.15) is 39.2 Å². The molecule has 0 unspecified atom stereocenters. The molecule has 0 bridgehead atoms. The molecular formula is C17H23N3O2S. The van der Waals surface area contributed by atoms with Crippen molar-refractivity contribution < 1.29 is 8.42 Å². The second kappa shape index (κ2) is 5.92. The van der Waals surface area contributed by atoms with Gasteiger partial charge in [-0.2, -0.15) is 0 Å². The summed E-state index contributed by atoms with van der Waals surface area (Å²) in [4.78, 5) is 8.65. The minimum absolute atomic E-state index is 0.109. The van der Waals surface area contributed by atoms with Crippen LogP contribution in [0.25, 0.3) is 0 Å². The standard InChI is InChI=1S/C17H23N3O2S/c1-9-8-10(2)19-17(18-9)20-23(21,22)16-14(6)12(4)11(3)13(5)15(16)7/h8H,1-7H3,(H,18,19,20). The smallest absolute Gasteiger partial charge is 0.247 e. The first-order valence-electron chi connectivity index (χ1n) is 7.46. The second-order valence-corrected chi connectivity index (χ2v) is 7.65. The van der Waals surface area contributed by atoms with Crippen molar-refractivity contribution in [3.63, 3.8) is 0 Å². The molecule has 1 N–H and O–H groups in total.